The van der Waals surface area contributed by atoms with Gasteiger partial charge in [-0.25, -0.2) is 0 Å². The Kier molecular flexibility index (Phi) is 7.42. The van der Waals surface area contributed by atoms with E-state index in [0.29, 0.717) is 35.7 Å². The first-order valence-electron chi connectivity index (χ1n) is 12.6. The molecule has 2 saturated heterocycles. The Morgan fingerprint density at radius 2 is 1.42 bits per heavy atom. The third-order valence-corrected chi connectivity index (χ3v) is 8.58. The molecule has 0 saturated carbocycles. The maximum atomic E-state index is 14.4. The zero-order valence-electron chi connectivity index (χ0n) is 21.5. The van der Waals surface area contributed by atoms with E-state index in [0.717, 1.165) is 17.7 Å². The van der Waals surface area contributed by atoms with Crippen LogP contribution < -0.4 is 9.47 Å². The van der Waals surface area contributed by atoms with Gasteiger partial charge in [0.2, 0.25) is 11.8 Å². The number of carbonyl (C=O) groups excluding carboxylic acids is 3. The first-order valence-corrected chi connectivity index (χ1v) is 13.5. The Morgan fingerprint density at radius 1 is 0.842 bits per heavy atom. The normalized spacial score (nSPS) is 21.0. The Hall–Kier alpha value is -3.78. The smallest absolute Gasteiger partial charge is 0.261 e. The van der Waals surface area contributed by atoms with Crippen molar-refractivity contribution in [3.63, 3.8) is 0 Å². The minimum Gasteiger partial charge on any atom is -0.497 e. The van der Waals surface area contributed by atoms with Crippen LogP contribution in [0.2, 0.25) is 0 Å². The van der Waals surface area contributed by atoms with Crippen LogP contribution in [-0.2, 0) is 9.59 Å². The fraction of sp³-hybridized carbons (Fsp3) is 0.300. The number of nitrogens with zero attached hydrogens (tertiary/aromatic N) is 2. The molecule has 0 unspecified atom stereocenters. The number of hydrogen-bond acceptors (Lipinski definition) is 6. The molecular weight excluding hydrogens is 500 g/mol. The minimum atomic E-state index is -1.24. The molecule has 2 aliphatic heterocycles. The van der Waals surface area contributed by atoms with Crippen molar-refractivity contribution >= 4 is 29.5 Å². The quantitative estimate of drug-likeness (QED) is 0.402. The van der Waals surface area contributed by atoms with Crippen LogP contribution in [0.25, 0.3) is 0 Å². The summed E-state index contributed by atoms with van der Waals surface area (Å²) in [6.45, 7) is 1.28. The molecule has 0 aromatic heterocycles. The zero-order chi connectivity index (χ0) is 26.7. The van der Waals surface area contributed by atoms with E-state index in [9.17, 15) is 14.4 Å². The molecule has 5 rings (SSSR count). The maximum Gasteiger partial charge on any atom is 0.261 e. The average molecular weight is 531 g/mol. The molecule has 2 aliphatic rings. The van der Waals surface area contributed by atoms with E-state index >= 15 is 0 Å². The Balaban J connectivity index is 1.67. The molecule has 3 amide bonds. The number of methoxy groups -OCH3 is 2. The van der Waals surface area contributed by atoms with Gasteiger partial charge in [0.1, 0.15) is 16.2 Å². The van der Waals surface area contributed by atoms with Gasteiger partial charge < -0.3 is 14.4 Å². The van der Waals surface area contributed by atoms with Crippen molar-refractivity contribution in [1.82, 2.24) is 9.80 Å². The van der Waals surface area contributed by atoms with Gasteiger partial charge in [0, 0.05) is 23.5 Å². The van der Waals surface area contributed by atoms with Crippen LogP contribution in [-0.4, -0.2) is 59.6 Å². The standard InChI is InChI=1S/C30H30N2O5S/c1-36-23-12-10-21(11-13-23)27-30(29(35)31-18-6-7-19-31,38-25-16-14-24(37-2)15-17-25)20-26(33)32(27)28(34)22-8-4-3-5-9-22/h3-5,8-17,27H,6-7,18-20H2,1-2H3/t27-,30-/m1/s1. The van der Waals surface area contributed by atoms with Gasteiger partial charge in [-0.2, -0.15) is 0 Å². The summed E-state index contributed by atoms with van der Waals surface area (Å²) in [7, 11) is 3.18. The highest BCUT2D eigenvalue weighted by atomic mass is 32.2. The Bertz CT molecular complexity index is 1310. The molecular formula is C30H30N2O5S. The lowest BCUT2D eigenvalue weighted by Crippen LogP contribution is -2.50. The SMILES string of the molecule is COc1ccc(S[C@]2(C(=O)N3CCCC3)CC(=O)N(C(=O)c3ccccc3)[C@@H]2c2ccc(OC)cc2)cc1. The number of imide groups is 1. The Labute approximate surface area is 226 Å². The number of carbonyl (C=O) groups is 3. The van der Waals surface area contributed by atoms with Crippen LogP contribution in [0.4, 0.5) is 0 Å². The van der Waals surface area contributed by atoms with Gasteiger partial charge >= 0.3 is 0 Å². The van der Waals surface area contributed by atoms with Crippen molar-refractivity contribution in [1.29, 1.82) is 0 Å². The number of ether oxygens (including phenoxy) is 2. The zero-order valence-corrected chi connectivity index (χ0v) is 22.3. The second-order valence-electron chi connectivity index (χ2n) is 9.45. The van der Waals surface area contributed by atoms with Crippen molar-refractivity contribution in [3.8, 4) is 11.5 Å². The molecule has 2 heterocycles. The lowest BCUT2D eigenvalue weighted by Gasteiger charge is -2.38. The van der Waals surface area contributed by atoms with Crippen molar-refractivity contribution in [2.75, 3.05) is 27.3 Å². The molecule has 0 aliphatic carbocycles. The lowest BCUT2D eigenvalue weighted by molar-refractivity contribution is -0.133. The van der Waals surface area contributed by atoms with Crippen molar-refractivity contribution in [3.05, 3.63) is 90.0 Å². The fourth-order valence-electron chi connectivity index (χ4n) is 5.28. The van der Waals surface area contributed by atoms with E-state index in [1.165, 1.54) is 16.7 Å². The molecule has 0 bridgehead atoms. The van der Waals surface area contributed by atoms with Crippen LogP contribution >= 0.6 is 11.8 Å². The molecule has 0 spiro atoms. The summed E-state index contributed by atoms with van der Waals surface area (Å²) in [5.74, 6) is 0.451. The lowest BCUT2D eigenvalue weighted by atomic mass is 9.90. The molecule has 3 aromatic carbocycles. The molecule has 8 heteroatoms. The van der Waals surface area contributed by atoms with Crippen molar-refractivity contribution in [2.45, 2.75) is 34.9 Å². The second kappa shape index (κ2) is 10.9. The predicted molar refractivity (Wildman–Crippen MR) is 145 cm³/mol. The van der Waals surface area contributed by atoms with Crippen molar-refractivity contribution in [2.24, 2.45) is 0 Å². The topological polar surface area (TPSA) is 76.2 Å². The van der Waals surface area contributed by atoms with Crippen LogP contribution in [0.5, 0.6) is 11.5 Å². The van der Waals surface area contributed by atoms with Gasteiger partial charge in [0.25, 0.3) is 5.91 Å². The van der Waals surface area contributed by atoms with E-state index in [2.05, 4.69) is 0 Å². The maximum absolute atomic E-state index is 14.4. The molecule has 0 radical (unpaired) electrons. The number of rotatable bonds is 7. The van der Waals surface area contributed by atoms with Gasteiger partial charge in [0.15, 0.2) is 0 Å². The second-order valence-corrected chi connectivity index (χ2v) is 10.9. The third kappa shape index (κ3) is 4.76. The van der Waals surface area contributed by atoms with E-state index in [4.69, 9.17) is 9.47 Å². The highest BCUT2D eigenvalue weighted by Crippen LogP contribution is 2.54. The minimum absolute atomic E-state index is 0.0890. The fourth-order valence-corrected chi connectivity index (χ4v) is 6.74. The van der Waals surface area contributed by atoms with Gasteiger partial charge in [-0.05, 0) is 66.9 Å². The van der Waals surface area contributed by atoms with Crippen LogP contribution in [0.3, 0.4) is 0 Å². The van der Waals surface area contributed by atoms with E-state index < -0.39 is 16.7 Å². The van der Waals surface area contributed by atoms with Crippen LogP contribution in [0.15, 0.2) is 83.8 Å². The summed E-state index contributed by atoms with van der Waals surface area (Å²) < 4.78 is 9.43. The molecule has 2 atom stereocenters. The van der Waals surface area contributed by atoms with Gasteiger partial charge in [-0.15, -0.1) is 11.8 Å². The molecule has 0 N–H and O–H groups in total. The summed E-state index contributed by atoms with van der Waals surface area (Å²) in [6, 6.07) is 22.7. The van der Waals surface area contributed by atoms with Crippen LogP contribution in [0.1, 0.15) is 41.2 Å². The molecule has 38 heavy (non-hydrogen) atoms. The summed E-state index contributed by atoms with van der Waals surface area (Å²) in [4.78, 5) is 46.0. The third-order valence-electron chi connectivity index (χ3n) is 7.17. The van der Waals surface area contributed by atoms with Gasteiger partial charge in [-0.1, -0.05) is 30.3 Å². The van der Waals surface area contributed by atoms with Gasteiger partial charge in [-0.3, -0.25) is 19.3 Å². The van der Waals surface area contributed by atoms with Crippen LogP contribution in [0, 0.1) is 0 Å². The van der Waals surface area contributed by atoms with E-state index in [-0.39, 0.29) is 18.2 Å². The van der Waals surface area contributed by atoms with E-state index in [1.54, 1.807) is 50.6 Å². The molecule has 3 aromatic rings. The first kappa shape index (κ1) is 25.9. The molecule has 2 fully saturated rings. The highest BCUT2D eigenvalue weighted by molar-refractivity contribution is 8.01. The summed E-state index contributed by atoms with van der Waals surface area (Å²) >= 11 is 1.35. The number of benzene rings is 3. The first-order chi connectivity index (χ1) is 18.5. The van der Waals surface area contributed by atoms with Gasteiger partial charge in [0.05, 0.1) is 26.7 Å². The summed E-state index contributed by atoms with van der Waals surface area (Å²) in [5.41, 5.74) is 1.10. The summed E-state index contributed by atoms with van der Waals surface area (Å²) in [5, 5.41) is 0. The molecule has 196 valence electrons. The summed E-state index contributed by atoms with van der Waals surface area (Å²) in [6.07, 6.45) is 1.75. The van der Waals surface area contributed by atoms with Crippen molar-refractivity contribution < 1.29 is 23.9 Å². The highest BCUT2D eigenvalue weighted by Gasteiger charge is 2.61. The largest absolute Gasteiger partial charge is 0.497 e. The molecule has 7 nitrogen and oxygen atoms in total. The monoisotopic (exact) mass is 530 g/mol. The number of thioether (sulfide) groups is 1. The number of hydrogen-bond donors (Lipinski definition) is 0. The number of likely N-dealkylation sites (tertiary alicyclic amines) is 2. The average Bonchev–Trinajstić information content (AvgIpc) is 3.60. The van der Waals surface area contributed by atoms with E-state index in [1.807, 2.05) is 47.4 Å². The predicted octanol–water partition coefficient (Wildman–Crippen LogP) is 4.97. The Morgan fingerprint density at radius 3 is 2.00 bits per heavy atom. The number of amides is 3.